The Kier molecular flexibility index (Phi) is 4.52. The van der Waals surface area contributed by atoms with Crippen molar-refractivity contribution in [2.45, 2.75) is 33.5 Å². The zero-order chi connectivity index (χ0) is 14.9. The van der Waals surface area contributed by atoms with Crippen LogP contribution in [0.4, 0.5) is 0 Å². The van der Waals surface area contributed by atoms with E-state index >= 15 is 0 Å². The third-order valence-corrected chi connectivity index (χ3v) is 4.54. The normalized spacial score (nSPS) is 17.6. The van der Waals surface area contributed by atoms with Gasteiger partial charge in [-0.05, 0) is 34.5 Å². The number of aliphatic imine (C=N–C) groups is 1. The second-order valence-corrected chi connectivity index (χ2v) is 6.42. The summed E-state index contributed by atoms with van der Waals surface area (Å²) in [6, 6.07) is 0. The van der Waals surface area contributed by atoms with Gasteiger partial charge in [-0.1, -0.05) is 13.8 Å². The van der Waals surface area contributed by atoms with Crippen molar-refractivity contribution in [2.24, 2.45) is 10.4 Å². The number of halogens is 1. The van der Waals surface area contributed by atoms with Crippen LogP contribution in [0.15, 0.2) is 27.4 Å². The molecular weight excluding hydrogens is 320 g/mol. The molecule has 4 nitrogen and oxygen atoms in total. The number of ether oxygens (including phenoxy) is 2. The third-order valence-electron chi connectivity index (χ3n) is 3.71. The molecule has 0 fully saturated rings. The minimum atomic E-state index is -0.400. The van der Waals surface area contributed by atoms with Crippen LogP contribution in [0.1, 0.15) is 25.1 Å². The predicted octanol–water partition coefficient (Wildman–Crippen LogP) is 3.61. The van der Waals surface area contributed by atoms with Gasteiger partial charge in [-0.3, -0.25) is 4.99 Å². The van der Waals surface area contributed by atoms with E-state index < -0.39 is 6.29 Å². The summed E-state index contributed by atoms with van der Waals surface area (Å²) in [7, 11) is 3.25. The maximum atomic E-state index is 5.29. The molecule has 0 amide bonds. The Morgan fingerprint density at radius 2 is 2.00 bits per heavy atom. The first-order valence-electron chi connectivity index (χ1n) is 6.57. The first-order valence-corrected chi connectivity index (χ1v) is 7.37. The van der Waals surface area contributed by atoms with Crippen LogP contribution < -0.4 is 0 Å². The van der Waals surface area contributed by atoms with Crippen LogP contribution in [0.2, 0.25) is 0 Å². The van der Waals surface area contributed by atoms with Crippen molar-refractivity contribution >= 4 is 21.6 Å². The van der Waals surface area contributed by atoms with Gasteiger partial charge in [0.15, 0.2) is 6.29 Å². The lowest BCUT2D eigenvalue weighted by Crippen LogP contribution is -2.21. The standard InChI is InChI=1S/C15H21BrN2O2/c1-9-10(16)8-17-11(9)6-13-15(2,3)7-12(18-13)14(19-4)20-5/h7-8,14,17H,6H2,1-5H3. The van der Waals surface area contributed by atoms with E-state index in [1.54, 1.807) is 14.2 Å². The summed E-state index contributed by atoms with van der Waals surface area (Å²) in [5.74, 6) is 0. The number of hydrogen-bond acceptors (Lipinski definition) is 3. The molecule has 0 aliphatic carbocycles. The highest BCUT2D eigenvalue weighted by atomic mass is 79.9. The van der Waals surface area contributed by atoms with E-state index in [1.165, 1.54) is 11.3 Å². The van der Waals surface area contributed by atoms with Crippen LogP contribution in [0.3, 0.4) is 0 Å². The van der Waals surface area contributed by atoms with Crippen molar-refractivity contribution in [1.29, 1.82) is 0 Å². The number of H-pyrrole nitrogens is 1. The van der Waals surface area contributed by atoms with Crippen molar-refractivity contribution < 1.29 is 9.47 Å². The number of aromatic nitrogens is 1. The van der Waals surface area contributed by atoms with E-state index in [9.17, 15) is 0 Å². The Morgan fingerprint density at radius 1 is 1.35 bits per heavy atom. The van der Waals surface area contributed by atoms with Gasteiger partial charge in [-0.15, -0.1) is 0 Å². The molecule has 0 spiro atoms. The molecule has 2 rings (SSSR count). The molecule has 20 heavy (non-hydrogen) atoms. The topological polar surface area (TPSA) is 46.6 Å². The molecule has 0 atom stereocenters. The number of allylic oxidation sites excluding steroid dienone is 1. The molecule has 1 aromatic heterocycles. The molecule has 1 N–H and O–H groups in total. The van der Waals surface area contributed by atoms with E-state index in [4.69, 9.17) is 14.5 Å². The van der Waals surface area contributed by atoms with Gasteiger partial charge >= 0.3 is 0 Å². The van der Waals surface area contributed by atoms with Crippen molar-refractivity contribution in [3.8, 4) is 0 Å². The van der Waals surface area contributed by atoms with E-state index in [-0.39, 0.29) is 5.41 Å². The molecule has 1 aromatic rings. The van der Waals surface area contributed by atoms with Crippen LogP contribution in [0.5, 0.6) is 0 Å². The quantitative estimate of drug-likeness (QED) is 0.832. The summed E-state index contributed by atoms with van der Waals surface area (Å²) >= 11 is 3.53. The fourth-order valence-corrected chi connectivity index (χ4v) is 2.73. The zero-order valence-electron chi connectivity index (χ0n) is 12.6. The third kappa shape index (κ3) is 2.90. The molecule has 1 aliphatic rings. The summed E-state index contributed by atoms with van der Waals surface area (Å²) < 4.78 is 11.7. The molecule has 5 heteroatoms. The fraction of sp³-hybridized carbons (Fsp3) is 0.533. The zero-order valence-corrected chi connectivity index (χ0v) is 14.2. The van der Waals surface area contributed by atoms with Gasteiger partial charge in [0, 0.05) is 48.1 Å². The first kappa shape index (κ1) is 15.5. The number of methoxy groups -OCH3 is 2. The maximum absolute atomic E-state index is 5.29. The highest BCUT2D eigenvalue weighted by Gasteiger charge is 2.32. The summed E-state index contributed by atoms with van der Waals surface area (Å²) in [5, 5.41) is 0. The smallest absolute Gasteiger partial charge is 0.200 e. The average Bonchev–Trinajstić information content (AvgIpc) is 2.85. The number of rotatable bonds is 5. The van der Waals surface area contributed by atoms with Crippen LogP contribution in [-0.4, -0.2) is 31.2 Å². The molecule has 0 saturated carbocycles. The van der Waals surface area contributed by atoms with Gasteiger partial charge in [0.05, 0.1) is 5.70 Å². The molecule has 1 aliphatic heterocycles. The molecule has 0 saturated heterocycles. The van der Waals surface area contributed by atoms with E-state index in [1.807, 2.05) is 6.20 Å². The lowest BCUT2D eigenvalue weighted by Gasteiger charge is -2.18. The fourth-order valence-electron chi connectivity index (χ4n) is 2.37. The molecule has 2 heterocycles. The van der Waals surface area contributed by atoms with Crippen LogP contribution >= 0.6 is 15.9 Å². The second-order valence-electron chi connectivity index (χ2n) is 5.57. The summed E-state index contributed by atoms with van der Waals surface area (Å²) in [6.45, 7) is 6.42. The van der Waals surface area contributed by atoms with E-state index in [0.717, 1.165) is 22.3 Å². The van der Waals surface area contributed by atoms with Crippen molar-refractivity contribution in [3.63, 3.8) is 0 Å². The summed E-state index contributed by atoms with van der Waals surface area (Å²) in [4.78, 5) is 8.02. The van der Waals surface area contributed by atoms with Gasteiger partial charge < -0.3 is 14.5 Å². The van der Waals surface area contributed by atoms with E-state index in [0.29, 0.717) is 0 Å². The van der Waals surface area contributed by atoms with Crippen molar-refractivity contribution in [3.05, 3.63) is 33.7 Å². The molecule has 0 unspecified atom stereocenters. The molecule has 0 bridgehead atoms. The SMILES string of the molecule is COC(OC)C1=CC(C)(C)C(Cc2[nH]cc(Br)c2C)=N1. The Morgan fingerprint density at radius 3 is 2.50 bits per heavy atom. The number of nitrogens with zero attached hydrogens (tertiary/aromatic N) is 1. The highest BCUT2D eigenvalue weighted by molar-refractivity contribution is 9.10. The molecule has 0 aromatic carbocycles. The summed E-state index contributed by atoms with van der Waals surface area (Å²) in [5.41, 5.74) is 4.29. The molecule has 0 radical (unpaired) electrons. The predicted molar refractivity (Wildman–Crippen MR) is 84.0 cm³/mol. The lowest BCUT2D eigenvalue weighted by atomic mass is 9.85. The second kappa shape index (κ2) is 5.84. The van der Waals surface area contributed by atoms with Crippen LogP contribution in [0, 0.1) is 12.3 Å². The Bertz CT molecular complexity index is 554. The van der Waals surface area contributed by atoms with Gasteiger partial charge in [-0.25, -0.2) is 0 Å². The van der Waals surface area contributed by atoms with Gasteiger partial charge in [0.25, 0.3) is 0 Å². The Hall–Kier alpha value is -0.910. The van der Waals surface area contributed by atoms with Crippen LogP contribution in [-0.2, 0) is 15.9 Å². The Labute approximate surface area is 128 Å². The van der Waals surface area contributed by atoms with Crippen molar-refractivity contribution in [2.75, 3.05) is 14.2 Å². The maximum Gasteiger partial charge on any atom is 0.200 e. The largest absolute Gasteiger partial charge is 0.363 e. The number of nitrogens with one attached hydrogen (secondary N) is 1. The highest BCUT2D eigenvalue weighted by Crippen LogP contribution is 2.33. The van der Waals surface area contributed by atoms with Crippen LogP contribution in [0.25, 0.3) is 0 Å². The van der Waals surface area contributed by atoms with Crippen molar-refractivity contribution in [1.82, 2.24) is 4.98 Å². The van der Waals surface area contributed by atoms with E-state index in [2.05, 4.69) is 47.8 Å². The number of hydrogen-bond donors (Lipinski definition) is 1. The average molecular weight is 341 g/mol. The molecular formula is C15H21BrN2O2. The Balaban J connectivity index is 2.24. The number of aromatic amines is 1. The molecule has 110 valence electrons. The van der Waals surface area contributed by atoms with Gasteiger partial charge in [0.1, 0.15) is 0 Å². The summed E-state index contributed by atoms with van der Waals surface area (Å²) in [6.07, 6.45) is 4.48. The first-order chi connectivity index (χ1) is 9.39. The monoisotopic (exact) mass is 340 g/mol. The minimum absolute atomic E-state index is 0.0886. The lowest BCUT2D eigenvalue weighted by molar-refractivity contribution is -0.0754. The van der Waals surface area contributed by atoms with Gasteiger partial charge in [-0.2, -0.15) is 0 Å². The minimum Gasteiger partial charge on any atom is -0.363 e. The van der Waals surface area contributed by atoms with Gasteiger partial charge in [0.2, 0.25) is 0 Å².